The zero-order valence-electron chi connectivity index (χ0n) is 14.9. The average Bonchev–Trinajstić information content (AvgIpc) is 2.69. The van der Waals surface area contributed by atoms with Gasteiger partial charge in [-0.3, -0.25) is 9.69 Å². The molecule has 6 nitrogen and oxygen atoms in total. The predicted octanol–water partition coefficient (Wildman–Crippen LogP) is 2.19. The van der Waals surface area contributed by atoms with E-state index in [2.05, 4.69) is 44.1 Å². The van der Waals surface area contributed by atoms with E-state index in [-0.39, 0.29) is 11.9 Å². The Balaban J connectivity index is 1.52. The molecule has 132 valence electrons. The molecule has 0 spiro atoms. The minimum atomic E-state index is -0.162. The van der Waals surface area contributed by atoms with Gasteiger partial charge in [0.2, 0.25) is 11.9 Å². The molecular weight excluding hydrogens is 314 g/mol. The normalized spacial score (nSPS) is 16.5. The van der Waals surface area contributed by atoms with Gasteiger partial charge >= 0.3 is 0 Å². The lowest BCUT2D eigenvalue weighted by atomic mass is 10.1. The average molecular weight is 339 g/mol. The van der Waals surface area contributed by atoms with E-state index in [0.717, 1.165) is 44.2 Å². The van der Waals surface area contributed by atoms with Crippen molar-refractivity contribution in [1.82, 2.24) is 14.9 Å². The summed E-state index contributed by atoms with van der Waals surface area (Å²) in [7, 11) is 0. The number of aryl methyl sites for hydroxylation is 1. The van der Waals surface area contributed by atoms with Gasteiger partial charge in [-0.1, -0.05) is 19.1 Å². The van der Waals surface area contributed by atoms with E-state index in [9.17, 15) is 4.79 Å². The predicted molar refractivity (Wildman–Crippen MR) is 99.7 cm³/mol. The van der Waals surface area contributed by atoms with Gasteiger partial charge in [-0.05, 0) is 37.1 Å². The zero-order valence-corrected chi connectivity index (χ0v) is 14.9. The van der Waals surface area contributed by atoms with Gasteiger partial charge in [-0.2, -0.15) is 0 Å². The number of hydrogen-bond donors (Lipinski definition) is 1. The summed E-state index contributed by atoms with van der Waals surface area (Å²) < 4.78 is 0. The van der Waals surface area contributed by atoms with Gasteiger partial charge in [0.05, 0.1) is 6.04 Å². The molecule has 1 aliphatic rings. The molecule has 6 heteroatoms. The third-order valence-electron chi connectivity index (χ3n) is 4.71. The molecule has 0 aliphatic carbocycles. The van der Waals surface area contributed by atoms with Crippen LogP contribution in [0, 0.1) is 0 Å². The smallest absolute Gasteiger partial charge is 0.241 e. The molecule has 1 aromatic heterocycles. The topological polar surface area (TPSA) is 61.4 Å². The lowest BCUT2D eigenvalue weighted by Crippen LogP contribution is -2.53. The molecule has 1 N–H and O–H groups in total. The minimum Gasteiger partial charge on any atom is -0.338 e. The second-order valence-electron chi connectivity index (χ2n) is 6.29. The molecule has 2 heterocycles. The highest BCUT2D eigenvalue weighted by Gasteiger charge is 2.26. The van der Waals surface area contributed by atoms with Crippen LogP contribution in [0.15, 0.2) is 42.7 Å². The second kappa shape index (κ2) is 8.07. The molecule has 1 aromatic carbocycles. The summed E-state index contributed by atoms with van der Waals surface area (Å²) in [5.41, 5.74) is 2.12. The maximum absolute atomic E-state index is 12.5. The number of benzene rings is 1. The number of amides is 1. The van der Waals surface area contributed by atoms with Crippen molar-refractivity contribution in [3.63, 3.8) is 0 Å². The van der Waals surface area contributed by atoms with Crippen LogP contribution in [0.4, 0.5) is 11.6 Å². The lowest BCUT2D eigenvalue weighted by Gasteiger charge is -2.37. The molecule has 1 amide bonds. The van der Waals surface area contributed by atoms with E-state index in [0.29, 0.717) is 0 Å². The van der Waals surface area contributed by atoms with E-state index in [4.69, 9.17) is 0 Å². The summed E-state index contributed by atoms with van der Waals surface area (Å²) in [6, 6.07) is 9.70. The van der Waals surface area contributed by atoms with Gasteiger partial charge in [0.1, 0.15) is 0 Å². The lowest BCUT2D eigenvalue weighted by molar-refractivity contribution is -0.120. The summed E-state index contributed by atoms with van der Waals surface area (Å²) in [6.45, 7) is 7.38. The summed E-state index contributed by atoms with van der Waals surface area (Å²) in [5.74, 6) is 0.795. The van der Waals surface area contributed by atoms with Crippen LogP contribution in [-0.2, 0) is 11.2 Å². The first-order valence-corrected chi connectivity index (χ1v) is 8.83. The Hall–Kier alpha value is -2.47. The molecule has 0 radical (unpaired) electrons. The number of aromatic nitrogens is 2. The largest absolute Gasteiger partial charge is 0.338 e. The third-order valence-corrected chi connectivity index (χ3v) is 4.71. The van der Waals surface area contributed by atoms with Crippen LogP contribution in [0.3, 0.4) is 0 Å². The molecule has 0 unspecified atom stereocenters. The van der Waals surface area contributed by atoms with E-state index >= 15 is 0 Å². The Labute approximate surface area is 148 Å². The Kier molecular flexibility index (Phi) is 5.60. The van der Waals surface area contributed by atoms with Gasteiger partial charge in [-0.15, -0.1) is 0 Å². The van der Waals surface area contributed by atoms with E-state index in [1.54, 1.807) is 12.4 Å². The molecule has 1 aliphatic heterocycles. The summed E-state index contributed by atoms with van der Waals surface area (Å²) in [4.78, 5) is 25.5. The number of piperazine rings is 1. The van der Waals surface area contributed by atoms with Gasteiger partial charge < -0.3 is 10.2 Å². The number of nitrogens with one attached hydrogen (secondary N) is 1. The number of carbonyl (C=O) groups is 1. The summed E-state index contributed by atoms with van der Waals surface area (Å²) in [5, 5.41) is 3.01. The van der Waals surface area contributed by atoms with Gasteiger partial charge in [0.25, 0.3) is 0 Å². The number of anilines is 2. The Morgan fingerprint density at radius 2 is 1.76 bits per heavy atom. The Morgan fingerprint density at radius 1 is 1.12 bits per heavy atom. The molecular formula is C19H25N5O. The number of carbonyl (C=O) groups excluding carboxylic acids is 1. The van der Waals surface area contributed by atoms with Crippen molar-refractivity contribution in [2.75, 3.05) is 36.4 Å². The molecule has 1 atom stereocenters. The Morgan fingerprint density at radius 3 is 2.36 bits per heavy atom. The maximum Gasteiger partial charge on any atom is 0.241 e. The van der Waals surface area contributed by atoms with Crippen LogP contribution in [0.5, 0.6) is 0 Å². The van der Waals surface area contributed by atoms with Gasteiger partial charge in [0.15, 0.2) is 0 Å². The second-order valence-corrected chi connectivity index (χ2v) is 6.29. The third kappa shape index (κ3) is 4.33. The van der Waals surface area contributed by atoms with Crippen molar-refractivity contribution in [1.29, 1.82) is 0 Å². The van der Waals surface area contributed by atoms with Crippen molar-refractivity contribution in [2.24, 2.45) is 0 Å². The molecule has 2 aromatic rings. The van der Waals surface area contributed by atoms with Crippen LogP contribution >= 0.6 is 0 Å². The summed E-state index contributed by atoms with van der Waals surface area (Å²) >= 11 is 0. The number of hydrogen-bond acceptors (Lipinski definition) is 5. The number of nitrogens with zero attached hydrogens (tertiary/aromatic N) is 4. The van der Waals surface area contributed by atoms with Crippen LogP contribution in [0.1, 0.15) is 19.4 Å². The van der Waals surface area contributed by atoms with Crippen LogP contribution in [0.2, 0.25) is 0 Å². The first-order chi connectivity index (χ1) is 12.2. The standard InChI is InChI=1S/C19H25N5O/c1-3-16-5-7-17(8-6-16)22-18(25)15(2)23-11-13-24(14-12-23)19-20-9-4-10-21-19/h4-10,15H,3,11-14H2,1-2H3,(H,22,25)/t15-/m1/s1. The molecule has 25 heavy (non-hydrogen) atoms. The van der Waals surface area contributed by atoms with Crippen molar-refractivity contribution < 1.29 is 4.79 Å². The van der Waals surface area contributed by atoms with E-state index in [1.807, 2.05) is 25.1 Å². The van der Waals surface area contributed by atoms with Crippen molar-refractivity contribution >= 4 is 17.5 Å². The number of rotatable bonds is 5. The van der Waals surface area contributed by atoms with Crippen LogP contribution in [-0.4, -0.2) is 53.0 Å². The van der Waals surface area contributed by atoms with Crippen LogP contribution in [0.25, 0.3) is 0 Å². The highest BCUT2D eigenvalue weighted by atomic mass is 16.2. The first-order valence-electron chi connectivity index (χ1n) is 8.83. The fraction of sp³-hybridized carbons (Fsp3) is 0.421. The zero-order chi connectivity index (χ0) is 17.6. The monoisotopic (exact) mass is 339 g/mol. The van der Waals surface area contributed by atoms with Gasteiger partial charge in [-0.25, -0.2) is 9.97 Å². The highest BCUT2D eigenvalue weighted by Crippen LogP contribution is 2.14. The molecule has 1 saturated heterocycles. The van der Waals surface area contributed by atoms with E-state index in [1.165, 1.54) is 5.56 Å². The fourth-order valence-corrected chi connectivity index (χ4v) is 3.00. The maximum atomic E-state index is 12.5. The molecule has 1 fully saturated rings. The van der Waals surface area contributed by atoms with Crippen LogP contribution < -0.4 is 10.2 Å². The quantitative estimate of drug-likeness (QED) is 0.905. The molecule has 0 saturated carbocycles. The van der Waals surface area contributed by atoms with E-state index < -0.39 is 0 Å². The highest BCUT2D eigenvalue weighted by molar-refractivity contribution is 5.94. The SMILES string of the molecule is CCc1ccc(NC(=O)[C@@H](C)N2CCN(c3ncccn3)CC2)cc1. The van der Waals surface area contributed by atoms with Gasteiger partial charge in [0, 0.05) is 44.3 Å². The Bertz CT molecular complexity index is 681. The minimum absolute atomic E-state index is 0.0358. The fourth-order valence-electron chi connectivity index (χ4n) is 3.00. The van der Waals surface area contributed by atoms with Crippen molar-refractivity contribution in [2.45, 2.75) is 26.3 Å². The molecule has 0 bridgehead atoms. The van der Waals surface area contributed by atoms with Crippen molar-refractivity contribution in [3.05, 3.63) is 48.3 Å². The van der Waals surface area contributed by atoms with Crippen molar-refractivity contribution in [3.8, 4) is 0 Å². The molecule has 3 rings (SSSR count). The summed E-state index contributed by atoms with van der Waals surface area (Å²) in [6.07, 6.45) is 4.52. The first kappa shape index (κ1) is 17.4.